The van der Waals surface area contributed by atoms with Crippen molar-refractivity contribution in [2.75, 3.05) is 11.9 Å². The van der Waals surface area contributed by atoms with Gasteiger partial charge in [-0.3, -0.25) is 4.79 Å². The van der Waals surface area contributed by atoms with E-state index in [0.29, 0.717) is 10.7 Å². The maximum absolute atomic E-state index is 12.1. The zero-order valence-corrected chi connectivity index (χ0v) is 15.7. The zero-order valence-electron chi connectivity index (χ0n) is 14.2. The van der Waals surface area contributed by atoms with Crippen molar-refractivity contribution in [3.63, 3.8) is 0 Å². The van der Waals surface area contributed by atoms with Crippen LogP contribution in [0.25, 0.3) is 0 Å². The largest absolute Gasteiger partial charge is 0.452 e. The fraction of sp³-hybridized carbons (Fsp3) is 0.263. The summed E-state index contributed by atoms with van der Waals surface area (Å²) in [6.07, 6.45) is 0. The van der Waals surface area contributed by atoms with Crippen molar-refractivity contribution in [2.24, 2.45) is 0 Å². The number of ether oxygens (including phenoxy) is 1. The highest BCUT2D eigenvalue weighted by Crippen LogP contribution is 2.29. The van der Waals surface area contributed by atoms with Crippen LogP contribution in [0, 0.1) is 0 Å². The number of para-hydroxylation sites is 1. The molecule has 2 aromatic carbocycles. The van der Waals surface area contributed by atoms with Crippen molar-refractivity contribution in [1.29, 1.82) is 0 Å². The first-order valence-electron chi connectivity index (χ1n) is 7.70. The van der Waals surface area contributed by atoms with E-state index in [9.17, 15) is 9.59 Å². The molecule has 0 unspecified atom stereocenters. The van der Waals surface area contributed by atoms with Gasteiger partial charge in [0, 0.05) is 10.7 Å². The molecule has 0 radical (unpaired) electrons. The fourth-order valence-corrected chi connectivity index (χ4v) is 2.78. The standard InChI is InChI=1S/C19H19Cl2NO3/c1-19(2,3)14-6-4-5-7-16(14)22-17(23)11-25-18(24)13-9-8-12(20)10-15(13)21/h4-10H,11H2,1-3H3,(H,22,23). The maximum Gasteiger partial charge on any atom is 0.340 e. The molecular weight excluding hydrogens is 361 g/mol. The van der Waals surface area contributed by atoms with Crippen LogP contribution in [0.4, 0.5) is 5.69 Å². The number of hydrogen-bond donors (Lipinski definition) is 1. The average molecular weight is 380 g/mol. The topological polar surface area (TPSA) is 55.4 Å². The minimum absolute atomic E-state index is 0.128. The summed E-state index contributed by atoms with van der Waals surface area (Å²) in [7, 11) is 0. The number of carbonyl (C=O) groups excluding carboxylic acids is 2. The number of hydrogen-bond acceptors (Lipinski definition) is 3. The van der Waals surface area contributed by atoms with E-state index in [2.05, 4.69) is 26.1 Å². The molecule has 4 nitrogen and oxygen atoms in total. The van der Waals surface area contributed by atoms with Crippen molar-refractivity contribution < 1.29 is 14.3 Å². The zero-order chi connectivity index (χ0) is 18.6. The van der Waals surface area contributed by atoms with Crippen molar-refractivity contribution in [2.45, 2.75) is 26.2 Å². The summed E-state index contributed by atoms with van der Waals surface area (Å²) in [5, 5.41) is 3.37. The third kappa shape index (κ3) is 5.21. The van der Waals surface area contributed by atoms with Gasteiger partial charge >= 0.3 is 5.97 Å². The Morgan fingerprint density at radius 3 is 2.40 bits per heavy atom. The molecule has 0 aliphatic carbocycles. The second-order valence-electron chi connectivity index (χ2n) is 6.54. The molecule has 132 valence electrons. The van der Waals surface area contributed by atoms with Gasteiger partial charge in [-0.05, 0) is 35.2 Å². The third-order valence-electron chi connectivity index (χ3n) is 3.49. The van der Waals surface area contributed by atoms with Gasteiger partial charge in [-0.25, -0.2) is 4.79 Å². The van der Waals surface area contributed by atoms with Gasteiger partial charge in [0.1, 0.15) is 0 Å². The number of amides is 1. The molecule has 0 aliphatic rings. The Bertz CT molecular complexity index is 797. The molecule has 0 saturated carbocycles. The Morgan fingerprint density at radius 1 is 1.08 bits per heavy atom. The van der Waals surface area contributed by atoms with Crippen LogP contribution >= 0.6 is 23.2 Å². The minimum Gasteiger partial charge on any atom is -0.452 e. The first-order chi connectivity index (χ1) is 11.7. The Kier molecular flexibility index (Phi) is 6.09. The summed E-state index contributed by atoms with van der Waals surface area (Å²) in [5.41, 5.74) is 1.72. The number of benzene rings is 2. The van der Waals surface area contributed by atoms with E-state index >= 15 is 0 Å². The van der Waals surface area contributed by atoms with Gasteiger partial charge in [-0.2, -0.15) is 0 Å². The van der Waals surface area contributed by atoms with Gasteiger partial charge in [0.05, 0.1) is 10.6 Å². The van der Waals surface area contributed by atoms with Crippen LogP contribution in [0.5, 0.6) is 0 Å². The molecule has 0 spiro atoms. The summed E-state index contributed by atoms with van der Waals surface area (Å²) in [5.74, 6) is -1.10. The van der Waals surface area contributed by atoms with Crippen molar-refractivity contribution >= 4 is 40.8 Å². The highest BCUT2D eigenvalue weighted by Gasteiger charge is 2.19. The summed E-state index contributed by atoms with van der Waals surface area (Å²) in [4.78, 5) is 24.2. The number of esters is 1. The number of carbonyl (C=O) groups is 2. The van der Waals surface area contributed by atoms with Crippen LogP contribution in [0.3, 0.4) is 0 Å². The van der Waals surface area contributed by atoms with Gasteiger partial charge in [-0.15, -0.1) is 0 Å². The van der Waals surface area contributed by atoms with Crippen LogP contribution < -0.4 is 5.32 Å². The molecule has 0 saturated heterocycles. The van der Waals surface area contributed by atoms with E-state index in [-0.39, 0.29) is 16.0 Å². The van der Waals surface area contributed by atoms with Gasteiger partial charge < -0.3 is 10.1 Å². The smallest absolute Gasteiger partial charge is 0.340 e. The molecule has 0 aromatic heterocycles. The quantitative estimate of drug-likeness (QED) is 0.752. The SMILES string of the molecule is CC(C)(C)c1ccccc1NC(=O)COC(=O)c1ccc(Cl)cc1Cl. The number of rotatable bonds is 4. The molecule has 1 N–H and O–H groups in total. The number of halogens is 2. The third-order valence-corrected chi connectivity index (χ3v) is 4.04. The Morgan fingerprint density at radius 2 is 1.76 bits per heavy atom. The highest BCUT2D eigenvalue weighted by atomic mass is 35.5. The monoisotopic (exact) mass is 379 g/mol. The second kappa shape index (κ2) is 7.89. The van der Waals surface area contributed by atoms with Crippen LogP contribution in [0.1, 0.15) is 36.7 Å². The normalized spacial score (nSPS) is 11.1. The molecule has 1 amide bonds. The van der Waals surface area contributed by atoms with E-state index in [1.807, 2.05) is 24.3 Å². The van der Waals surface area contributed by atoms with Crippen LogP contribution in [0.15, 0.2) is 42.5 Å². The minimum atomic E-state index is -0.680. The maximum atomic E-state index is 12.1. The molecule has 25 heavy (non-hydrogen) atoms. The molecule has 2 aromatic rings. The Hall–Kier alpha value is -2.04. The lowest BCUT2D eigenvalue weighted by Crippen LogP contribution is -2.23. The number of anilines is 1. The molecule has 0 bridgehead atoms. The molecule has 0 heterocycles. The van der Waals surface area contributed by atoms with Gasteiger partial charge in [0.25, 0.3) is 5.91 Å². The van der Waals surface area contributed by atoms with Crippen LogP contribution in [0.2, 0.25) is 10.0 Å². The summed E-state index contributed by atoms with van der Waals surface area (Å²) in [6, 6.07) is 12.0. The van der Waals surface area contributed by atoms with Crippen molar-refractivity contribution in [3.8, 4) is 0 Å². The van der Waals surface area contributed by atoms with Crippen LogP contribution in [-0.4, -0.2) is 18.5 Å². The van der Waals surface area contributed by atoms with E-state index in [4.69, 9.17) is 27.9 Å². The number of nitrogens with one attached hydrogen (secondary N) is 1. The fourth-order valence-electron chi connectivity index (χ4n) is 2.30. The lowest BCUT2D eigenvalue weighted by atomic mass is 9.86. The second-order valence-corrected chi connectivity index (χ2v) is 7.39. The predicted molar refractivity (Wildman–Crippen MR) is 101 cm³/mol. The summed E-state index contributed by atoms with van der Waals surface area (Å²) < 4.78 is 5.03. The van der Waals surface area contributed by atoms with Gasteiger partial charge in [-0.1, -0.05) is 62.2 Å². The molecule has 6 heteroatoms. The Balaban J connectivity index is 2.01. The lowest BCUT2D eigenvalue weighted by Gasteiger charge is -2.22. The average Bonchev–Trinajstić information content (AvgIpc) is 2.52. The van der Waals surface area contributed by atoms with Gasteiger partial charge in [0.2, 0.25) is 0 Å². The predicted octanol–water partition coefficient (Wildman–Crippen LogP) is 5.09. The van der Waals surface area contributed by atoms with Crippen molar-refractivity contribution in [1.82, 2.24) is 0 Å². The first kappa shape index (κ1) is 19.3. The van der Waals surface area contributed by atoms with E-state index in [0.717, 1.165) is 5.56 Å². The van der Waals surface area contributed by atoms with E-state index in [1.54, 1.807) is 0 Å². The molecule has 0 fully saturated rings. The first-order valence-corrected chi connectivity index (χ1v) is 8.45. The molecule has 0 atom stereocenters. The highest BCUT2D eigenvalue weighted by molar-refractivity contribution is 6.36. The van der Waals surface area contributed by atoms with E-state index in [1.165, 1.54) is 18.2 Å². The Labute approximate surface area is 157 Å². The summed E-state index contributed by atoms with van der Waals surface area (Å²) >= 11 is 11.7. The molecular formula is C19H19Cl2NO3. The molecule has 0 aliphatic heterocycles. The van der Waals surface area contributed by atoms with Gasteiger partial charge in [0.15, 0.2) is 6.61 Å². The molecule has 2 rings (SSSR count). The van der Waals surface area contributed by atoms with Crippen LogP contribution in [-0.2, 0) is 14.9 Å². The summed E-state index contributed by atoms with van der Waals surface area (Å²) in [6.45, 7) is 5.76. The van der Waals surface area contributed by atoms with E-state index < -0.39 is 18.5 Å². The lowest BCUT2D eigenvalue weighted by molar-refractivity contribution is -0.119. The van der Waals surface area contributed by atoms with Crippen molar-refractivity contribution in [3.05, 3.63) is 63.6 Å².